The highest BCUT2D eigenvalue weighted by Gasteiger charge is 2.08. The zero-order valence-corrected chi connectivity index (χ0v) is 8.42. The smallest absolute Gasteiger partial charge is 0.338 e. The van der Waals surface area contributed by atoms with E-state index in [0.717, 1.165) is 0 Å². The van der Waals surface area contributed by atoms with Gasteiger partial charge in [0.1, 0.15) is 0 Å². The topological polar surface area (TPSA) is 95.3 Å². The van der Waals surface area contributed by atoms with Crippen LogP contribution >= 0.6 is 0 Å². The van der Waals surface area contributed by atoms with Crippen LogP contribution in [0.15, 0.2) is 12.4 Å². The van der Waals surface area contributed by atoms with Gasteiger partial charge in [0.2, 0.25) is 5.95 Å². The number of nitrogens with zero attached hydrogens (tertiary/aromatic N) is 2. The molecule has 0 spiro atoms. The minimum absolute atomic E-state index is 0.00282. The molecule has 0 radical (unpaired) electrons. The fourth-order valence-electron chi connectivity index (χ4n) is 0.999. The molecule has 6 nitrogen and oxygen atoms in total. The molecule has 0 amide bonds. The number of hydrogen-bond acceptors (Lipinski definition) is 5. The van der Waals surface area contributed by atoms with Crippen LogP contribution in [0.5, 0.6) is 0 Å². The van der Waals surface area contributed by atoms with Crippen molar-refractivity contribution in [2.45, 2.75) is 12.5 Å². The lowest BCUT2D eigenvalue weighted by Gasteiger charge is -2.12. The number of anilines is 1. The van der Waals surface area contributed by atoms with E-state index in [1.54, 1.807) is 0 Å². The van der Waals surface area contributed by atoms with Crippen molar-refractivity contribution in [1.29, 1.82) is 0 Å². The molecule has 1 aromatic heterocycles. The Morgan fingerprint density at radius 2 is 2.19 bits per heavy atom. The molecule has 16 heavy (non-hydrogen) atoms. The number of aliphatic hydroxyl groups is 1. The Morgan fingerprint density at radius 1 is 1.56 bits per heavy atom. The van der Waals surface area contributed by atoms with Crippen molar-refractivity contribution in [2.75, 3.05) is 11.9 Å². The minimum atomic E-state index is -1.09. The first-order valence-corrected chi connectivity index (χ1v) is 4.53. The number of carboxylic acids is 1. The predicted octanol–water partition coefficient (Wildman–Crippen LogP) is -0.0291. The van der Waals surface area contributed by atoms with Crippen molar-refractivity contribution in [3.05, 3.63) is 18.0 Å². The number of terminal acetylenes is 1. The summed E-state index contributed by atoms with van der Waals surface area (Å²) in [6.07, 6.45) is 7.80. The highest BCUT2D eigenvalue weighted by atomic mass is 16.4. The SMILES string of the molecule is C#CCC(CO)Nc1ncc(C(=O)O)cn1. The van der Waals surface area contributed by atoms with Crippen LogP contribution in [0.2, 0.25) is 0 Å². The van der Waals surface area contributed by atoms with Crippen LogP contribution in [0.25, 0.3) is 0 Å². The number of nitrogens with one attached hydrogen (secondary N) is 1. The summed E-state index contributed by atoms with van der Waals surface area (Å²) in [4.78, 5) is 18.1. The quantitative estimate of drug-likeness (QED) is 0.604. The number of aliphatic hydroxyl groups excluding tert-OH is 1. The summed E-state index contributed by atoms with van der Waals surface area (Å²) in [6, 6.07) is -0.333. The summed E-state index contributed by atoms with van der Waals surface area (Å²) < 4.78 is 0. The minimum Gasteiger partial charge on any atom is -0.478 e. The molecule has 0 aromatic carbocycles. The molecule has 1 aromatic rings. The fraction of sp³-hybridized carbons (Fsp3) is 0.300. The number of rotatable bonds is 5. The Kier molecular flexibility index (Phi) is 4.24. The summed E-state index contributed by atoms with van der Waals surface area (Å²) in [6.45, 7) is -0.145. The molecular formula is C10H11N3O3. The fourth-order valence-corrected chi connectivity index (χ4v) is 0.999. The van der Waals surface area contributed by atoms with E-state index in [-0.39, 0.29) is 24.2 Å². The van der Waals surface area contributed by atoms with Crippen molar-refractivity contribution in [3.8, 4) is 12.3 Å². The van der Waals surface area contributed by atoms with Crippen LogP contribution in [0.1, 0.15) is 16.8 Å². The molecule has 1 atom stereocenters. The third-order valence-electron chi connectivity index (χ3n) is 1.82. The Labute approximate surface area is 92.4 Å². The number of carboxylic acid groups (broad SMARTS) is 1. The molecule has 0 saturated heterocycles. The Balaban J connectivity index is 2.68. The van der Waals surface area contributed by atoms with Gasteiger partial charge in [-0.05, 0) is 0 Å². The third kappa shape index (κ3) is 3.22. The first kappa shape index (κ1) is 11.9. The van der Waals surface area contributed by atoms with Crippen LogP contribution in [-0.4, -0.2) is 38.8 Å². The number of hydrogen-bond donors (Lipinski definition) is 3. The zero-order chi connectivity index (χ0) is 12.0. The van der Waals surface area contributed by atoms with E-state index in [2.05, 4.69) is 21.2 Å². The molecule has 1 heterocycles. The summed E-state index contributed by atoms with van der Waals surface area (Å²) in [5, 5.41) is 20.4. The summed E-state index contributed by atoms with van der Waals surface area (Å²) in [5.74, 6) is 1.54. The molecule has 0 fully saturated rings. The van der Waals surface area contributed by atoms with Crippen LogP contribution in [0.4, 0.5) is 5.95 Å². The van der Waals surface area contributed by atoms with E-state index in [1.165, 1.54) is 12.4 Å². The van der Waals surface area contributed by atoms with Gasteiger partial charge >= 0.3 is 5.97 Å². The van der Waals surface area contributed by atoms with Crippen molar-refractivity contribution < 1.29 is 15.0 Å². The molecule has 6 heteroatoms. The van der Waals surface area contributed by atoms with Crippen molar-refractivity contribution in [1.82, 2.24) is 9.97 Å². The lowest BCUT2D eigenvalue weighted by Crippen LogP contribution is -2.24. The summed E-state index contributed by atoms with van der Waals surface area (Å²) in [5.41, 5.74) is 0.00282. The van der Waals surface area contributed by atoms with Gasteiger partial charge in [-0.1, -0.05) is 0 Å². The van der Waals surface area contributed by atoms with Crippen molar-refractivity contribution in [3.63, 3.8) is 0 Å². The molecule has 1 unspecified atom stereocenters. The monoisotopic (exact) mass is 221 g/mol. The van der Waals surface area contributed by atoms with E-state index in [1.807, 2.05) is 0 Å². The maximum absolute atomic E-state index is 10.5. The first-order valence-electron chi connectivity index (χ1n) is 4.53. The van der Waals surface area contributed by atoms with E-state index in [9.17, 15) is 4.79 Å². The van der Waals surface area contributed by atoms with Crippen molar-refractivity contribution in [2.24, 2.45) is 0 Å². The van der Waals surface area contributed by atoms with Gasteiger partial charge in [0.05, 0.1) is 18.2 Å². The van der Waals surface area contributed by atoms with Gasteiger partial charge in [-0.3, -0.25) is 0 Å². The predicted molar refractivity (Wildman–Crippen MR) is 56.9 cm³/mol. The molecule has 1 rings (SSSR count). The average molecular weight is 221 g/mol. The summed E-state index contributed by atoms with van der Waals surface area (Å²) >= 11 is 0. The molecule has 0 bridgehead atoms. The second-order valence-corrected chi connectivity index (χ2v) is 3.03. The number of carbonyl (C=O) groups is 1. The van der Waals surface area contributed by atoms with Gasteiger partial charge in [-0.2, -0.15) is 0 Å². The second kappa shape index (κ2) is 5.68. The van der Waals surface area contributed by atoms with Crippen LogP contribution < -0.4 is 5.32 Å². The first-order chi connectivity index (χ1) is 7.67. The van der Waals surface area contributed by atoms with Gasteiger partial charge in [0.15, 0.2) is 0 Å². The van der Waals surface area contributed by atoms with Gasteiger partial charge < -0.3 is 15.5 Å². The van der Waals surface area contributed by atoms with Gasteiger partial charge in [0.25, 0.3) is 0 Å². The van der Waals surface area contributed by atoms with Crippen LogP contribution in [0.3, 0.4) is 0 Å². The van der Waals surface area contributed by atoms with Gasteiger partial charge in [-0.15, -0.1) is 12.3 Å². The molecular weight excluding hydrogens is 210 g/mol. The Hall–Kier alpha value is -2.13. The lowest BCUT2D eigenvalue weighted by atomic mass is 10.2. The second-order valence-electron chi connectivity index (χ2n) is 3.03. The van der Waals surface area contributed by atoms with E-state index in [4.69, 9.17) is 16.6 Å². The molecule has 84 valence electrons. The number of aromatic nitrogens is 2. The van der Waals surface area contributed by atoms with Crippen LogP contribution in [-0.2, 0) is 0 Å². The third-order valence-corrected chi connectivity index (χ3v) is 1.82. The molecule has 0 aliphatic rings. The maximum atomic E-state index is 10.5. The maximum Gasteiger partial charge on any atom is 0.338 e. The molecule has 0 aliphatic heterocycles. The Bertz CT molecular complexity index is 397. The molecule has 0 aliphatic carbocycles. The zero-order valence-electron chi connectivity index (χ0n) is 8.42. The summed E-state index contributed by atoms with van der Waals surface area (Å²) in [7, 11) is 0. The Morgan fingerprint density at radius 3 is 2.62 bits per heavy atom. The molecule has 3 N–H and O–H groups in total. The van der Waals surface area contributed by atoms with Gasteiger partial charge in [-0.25, -0.2) is 14.8 Å². The van der Waals surface area contributed by atoms with E-state index in [0.29, 0.717) is 6.42 Å². The van der Waals surface area contributed by atoms with Gasteiger partial charge in [0, 0.05) is 18.8 Å². The lowest BCUT2D eigenvalue weighted by molar-refractivity contribution is 0.0696. The highest BCUT2D eigenvalue weighted by molar-refractivity contribution is 5.86. The van der Waals surface area contributed by atoms with Crippen LogP contribution in [0, 0.1) is 12.3 Å². The average Bonchev–Trinajstić information content (AvgIpc) is 2.29. The number of aromatic carboxylic acids is 1. The van der Waals surface area contributed by atoms with Crippen molar-refractivity contribution >= 4 is 11.9 Å². The normalized spacial score (nSPS) is 11.5. The largest absolute Gasteiger partial charge is 0.478 e. The van der Waals surface area contributed by atoms with E-state index < -0.39 is 5.97 Å². The highest BCUT2D eigenvalue weighted by Crippen LogP contribution is 2.03. The molecule has 0 saturated carbocycles. The van der Waals surface area contributed by atoms with E-state index >= 15 is 0 Å². The standard InChI is InChI=1S/C10H11N3O3/c1-2-3-8(6-14)13-10-11-4-7(5-12-10)9(15)16/h1,4-5,8,14H,3,6H2,(H,15,16)(H,11,12,13).